The van der Waals surface area contributed by atoms with Gasteiger partial charge < -0.3 is 20.1 Å². The third-order valence-electron chi connectivity index (χ3n) is 4.54. The molecule has 0 saturated heterocycles. The fourth-order valence-corrected chi connectivity index (χ4v) is 2.91. The summed E-state index contributed by atoms with van der Waals surface area (Å²) in [5.74, 6) is 2.82. The van der Waals surface area contributed by atoms with Crippen molar-refractivity contribution in [1.29, 1.82) is 0 Å². The van der Waals surface area contributed by atoms with Crippen LogP contribution in [0.1, 0.15) is 30.9 Å². The van der Waals surface area contributed by atoms with E-state index in [4.69, 9.17) is 9.47 Å². The molecule has 3 aromatic rings. The Labute approximate surface area is 165 Å². The number of methoxy groups -OCH3 is 2. The van der Waals surface area contributed by atoms with Crippen molar-refractivity contribution in [2.24, 2.45) is 0 Å². The molecule has 2 aromatic heterocycles. The van der Waals surface area contributed by atoms with Crippen LogP contribution in [0.3, 0.4) is 0 Å². The standard InChI is InChI=1S/C21H27N5O2/c1-5-6-10-23-20-19-18(14(2)9-11-22-19)25-21(26-20)24-13-15-7-8-16(27-3)12-17(15)28-4/h7-9,11-12H,5-6,10,13H2,1-4H3,(H2,23,24,25,26). The van der Waals surface area contributed by atoms with E-state index in [1.54, 1.807) is 20.4 Å². The van der Waals surface area contributed by atoms with Crippen molar-refractivity contribution in [3.8, 4) is 11.5 Å². The Morgan fingerprint density at radius 1 is 1.00 bits per heavy atom. The molecule has 0 aliphatic rings. The molecule has 0 unspecified atom stereocenters. The van der Waals surface area contributed by atoms with Gasteiger partial charge in [0.05, 0.1) is 19.7 Å². The second-order valence-corrected chi connectivity index (χ2v) is 6.53. The number of pyridine rings is 1. The van der Waals surface area contributed by atoms with Gasteiger partial charge in [-0.15, -0.1) is 0 Å². The number of ether oxygens (including phenoxy) is 2. The third-order valence-corrected chi connectivity index (χ3v) is 4.54. The number of benzene rings is 1. The normalized spacial score (nSPS) is 10.7. The van der Waals surface area contributed by atoms with Gasteiger partial charge in [-0.3, -0.25) is 4.98 Å². The minimum Gasteiger partial charge on any atom is -0.497 e. The SMILES string of the molecule is CCCCNc1nc(NCc2ccc(OC)cc2OC)nc2c(C)ccnc12. The first-order valence-corrected chi connectivity index (χ1v) is 9.48. The summed E-state index contributed by atoms with van der Waals surface area (Å²) in [6.45, 7) is 5.58. The number of aromatic nitrogens is 3. The fourth-order valence-electron chi connectivity index (χ4n) is 2.91. The van der Waals surface area contributed by atoms with Gasteiger partial charge in [-0.1, -0.05) is 13.3 Å². The highest BCUT2D eigenvalue weighted by molar-refractivity contribution is 5.88. The quantitative estimate of drug-likeness (QED) is 0.538. The Morgan fingerprint density at radius 2 is 1.86 bits per heavy atom. The Kier molecular flexibility index (Phi) is 6.47. The number of anilines is 2. The van der Waals surface area contributed by atoms with Crippen molar-refractivity contribution < 1.29 is 9.47 Å². The summed E-state index contributed by atoms with van der Waals surface area (Å²) in [6, 6.07) is 7.71. The van der Waals surface area contributed by atoms with E-state index in [1.165, 1.54) is 0 Å². The molecule has 0 atom stereocenters. The van der Waals surface area contributed by atoms with Gasteiger partial charge in [-0.2, -0.15) is 4.98 Å². The van der Waals surface area contributed by atoms with E-state index >= 15 is 0 Å². The summed E-state index contributed by atoms with van der Waals surface area (Å²) in [5, 5.41) is 6.71. The van der Waals surface area contributed by atoms with Crippen LogP contribution in [0.4, 0.5) is 11.8 Å². The smallest absolute Gasteiger partial charge is 0.225 e. The second kappa shape index (κ2) is 9.21. The maximum absolute atomic E-state index is 5.47. The molecule has 148 valence electrons. The fraction of sp³-hybridized carbons (Fsp3) is 0.381. The predicted molar refractivity (Wildman–Crippen MR) is 112 cm³/mol. The lowest BCUT2D eigenvalue weighted by atomic mass is 10.2. The van der Waals surface area contributed by atoms with Gasteiger partial charge in [0.2, 0.25) is 5.95 Å². The lowest BCUT2D eigenvalue weighted by molar-refractivity contribution is 0.391. The van der Waals surface area contributed by atoms with Crippen LogP contribution in [0.5, 0.6) is 11.5 Å². The molecule has 7 heteroatoms. The Morgan fingerprint density at radius 3 is 2.61 bits per heavy atom. The van der Waals surface area contributed by atoms with E-state index in [2.05, 4.69) is 32.5 Å². The number of nitrogens with zero attached hydrogens (tertiary/aromatic N) is 3. The van der Waals surface area contributed by atoms with Crippen molar-refractivity contribution in [3.05, 3.63) is 41.6 Å². The largest absolute Gasteiger partial charge is 0.497 e. The molecule has 3 rings (SSSR count). The maximum atomic E-state index is 5.47. The second-order valence-electron chi connectivity index (χ2n) is 6.53. The molecule has 2 N–H and O–H groups in total. The highest BCUT2D eigenvalue weighted by Gasteiger charge is 2.12. The van der Waals surface area contributed by atoms with Crippen molar-refractivity contribution in [2.75, 3.05) is 31.4 Å². The summed E-state index contributed by atoms with van der Waals surface area (Å²) < 4.78 is 10.7. The molecule has 0 aliphatic heterocycles. The van der Waals surface area contributed by atoms with Gasteiger partial charge in [0.1, 0.15) is 17.0 Å². The van der Waals surface area contributed by atoms with Gasteiger partial charge in [0.15, 0.2) is 5.82 Å². The van der Waals surface area contributed by atoms with Gasteiger partial charge >= 0.3 is 0 Å². The van der Waals surface area contributed by atoms with Crippen LogP contribution < -0.4 is 20.1 Å². The minimum absolute atomic E-state index is 0.534. The summed E-state index contributed by atoms with van der Waals surface area (Å²) in [7, 11) is 3.29. The molecule has 0 fully saturated rings. The zero-order valence-corrected chi connectivity index (χ0v) is 16.9. The molecule has 0 spiro atoms. The molecule has 0 amide bonds. The summed E-state index contributed by atoms with van der Waals surface area (Å²) in [6.07, 6.45) is 3.98. The molecule has 28 heavy (non-hydrogen) atoms. The predicted octanol–water partition coefficient (Wildman–Crippen LogP) is 4.17. The highest BCUT2D eigenvalue weighted by Crippen LogP contribution is 2.26. The molecular formula is C21H27N5O2. The zero-order chi connectivity index (χ0) is 19.9. The van der Waals surface area contributed by atoms with Gasteiger partial charge in [0, 0.05) is 30.9 Å². The van der Waals surface area contributed by atoms with E-state index in [0.717, 1.165) is 58.9 Å². The number of nitrogens with one attached hydrogen (secondary N) is 2. The molecule has 0 saturated carbocycles. The van der Waals surface area contributed by atoms with Crippen LogP contribution >= 0.6 is 0 Å². The van der Waals surface area contributed by atoms with Crippen LogP contribution in [0, 0.1) is 6.92 Å². The van der Waals surface area contributed by atoms with Gasteiger partial charge in [-0.05, 0) is 37.1 Å². The first kappa shape index (κ1) is 19.7. The summed E-state index contributed by atoms with van der Waals surface area (Å²) in [4.78, 5) is 13.8. The van der Waals surface area contributed by atoms with Crippen LogP contribution in [0.25, 0.3) is 11.0 Å². The molecule has 1 aromatic carbocycles. The number of hydrogen-bond acceptors (Lipinski definition) is 7. The molecule has 0 bridgehead atoms. The van der Waals surface area contributed by atoms with Gasteiger partial charge in [0.25, 0.3) is 0 Å². The maximum Gasteiger partial charge on any atom is 0.225 e. The average molecular weight is 381 g/mol. The number of hydrogen-bond donors (Lipinski definition) is 2. The number of rotatable bonds is 9. The van der Waals surface area contributed by atoms with E-state index < -0.39 is 0 Å². The molecule has 7 nitrogen and oxygen atoms in total. The molecule has 0 radical (unpaired) electrons. The zero-order valence-electron chi connectivity index (χ0n) is 16.9. The first-order valence-electron chi connectivity index (χ1n) is 9.48. The Bertz CT molecular complexity index is 945. The van der Waals surface area contributed by atoms with E-state index in [0.29, 0.717) is 12.5 Å². The van der Waals surface area contributed by atoms with Crippen molar-refractivity contribution >= 4 is 22.8 Å². The first-order chi connectivity index (χ1) is 13.7. The van der Waals surface area contributed by atoms with E-state index in [9.17, 15) is 0 Å². The number of aryl methyl sites for hydroxylation is 1. The van der Waals surface area contributed by atoms with E-state index in [-0.39, 0.29) is 0 Å². The van der Waals surface area contributed by atoms with Crippen molar-refractivity contribution in [1.82, 2.24) is 15.0 Å². The monoisotopic (exact) mass is 381 g/mol. The van der Waals surface area contributed by atoms with Crippen LogP contribution in [0.15, 0.2) is 30.5 Å². The summed E-state index contributed by atoms with van der Waals surface area (Å²) >= 11 is 0. The van der Waals surface area contributed by atoms with Crippen LogP contribution in [-0.4, -0.2) is 35.7 Å². The molecule has 0 aliphatic carbocycles. The highest BCUT2D eigenvalue weighted by atomic mass is 16.5. The van der Waals surface area contributed by atoms with Crippen molar-refractivity contribution in [3.63, 3.8) is 0 Å². The topological polar surface area (TPSA) is 81.2 Å². The number of fused-ring (bicyclic) bond motifs is 1. The van der Waals surface area contributed by atoms with Crippen molar-refractivity contribution in [2.45, 2.75) is 33.2 Å². The average Bonchev–Trinajstić information content (AvgIpc) is 2.73. The Hall–Kier alpha value is -3.09. The molecule has 2 heterocycles. The summed E-state index contributed by atoms with van der Waals surface area (Å²) in [5.41, 5.74) is 3.70. The van der Waals surface area contributed by atoms with Crippen LogP contribution in [0.2, 0.25) is 0 Å². The number of unbranched alkanes of at least 4 members (excludes halogenated alkanes) is 1. The molecular weight excluding hydrogens is 354 g/mol. The minimum atomic E-state index is 0.534. The third kappa shape index (κ3) is 4.42. The van der Waals surface area contributed by atoms with E-state index in [1.807, 2.05) is 31.2 Å². The van der Waals surface area contributed by atoms with Gasteiger partial charge in [-0.25, -0.2) is 4.98 Å². The van der Waals surface area contributed by atoms with Crippen LogP contribution in [-0.2, 0) is 6.54 Å². The lowest BCUT2D eigenvalue weighted by Gasteiger charge is -2.14. The Balaban J connectivity index is 1.87. The lowest BCUT2D eigenvalue weighted by Crippen LogP contribution is -2.10.